The SMILES string of the molecule is COc1ccc(NC(=O)c2ccc(C)c(F)c2)cc1OC(C)C. The summed E-state index contributed by atoms with van der Waals surface area (Å²) in [4.78, 5) is 12.2. The van der Waals surface area contributed by atoms with Crippen molar-refractivity contribution in [3.63, 3.8) is 0 Å². The van der Waals surface area contributed by atoms with Gasteiger partial charge >= 0.3 is 0 Å². The van der Waals surface area contributed by atoms with Gasteiger partial charge in [-0.25, -0.2) is 4.39 Å². The second-order valence-corrected chi connectivity index (χ2v) is 5.45. The predicted octanol–water partition coefficient (Wildman–Crippen LogP) is 4.18. The predicted molar refractivity (Wildman–Crippen MR) is 87.8 cm³/mol. The van der Waals surface area contributed by atoms with Crippen LogP contribution in [0.1, 0.15) is 29.8 Å². The van der Waals surface area contributed by atoms with Crippen LogP contribution in [0, 0.1) is 12.7 Å². The molecule has 0 aliphatic carbocycles. The van der Waals surface area contributed by atoms with Crippen molar-refractivity contribution in [1.29, 1.82) is 0 Å². The van der Waals surface area contributed by atoms with Gasteiger partial charge in [-0.05, 0) is 50.6 Å². The van der Waals surface area contributed by atoms with Crippen LogP contribution in [0.2, 0.25) is 0 Å². The van der Waals surface area contributed by atoms with Gasteiger partial charge < -0.3 is 14.8 Å². The van der Waals surface area contributed by atoms with Crippen molar-refractivity contribution in [2.24, 2.45) is 0 Å². The number of carbonyl (C=O) groups excluding carboxylic acids is 1. The number of nitrogens with one attached hydrogen (secondary N) is 1. The first-order chi connectivity index (χ1) is 10.9. The number of benzene rings is 2. The van der Waals surface area contributed by atoms with E-state index in [4.69, 9.17) is 9.47 Å². The summed E-state index contributed by atoms with van der Waals surface area (Å²) >= 11 is 0. The number of aryl methyl sites for hydroxylation is 1. The molecule has 4 nitrogen and oxygen atoms in total. The highest BCUT2D eigenvalue weighted by molar-refractivity contribution is 6.04. The van der Waals surface area contributed by atoms with Crippen molar-refractivity contribution in [1.82, 2.24) is 0 Å². The third-order valence-corrected chi connectivity index (χ3v) is 3.22. The summed E-state index contributed by atoms with van der Waals surface area (Å²) in [6.45, 7) is 5.45. The summed E-state index contributed by atoms with van der Waals surface area (Å²) in [5, 5.41) is 2.73. The molecule has 122 valence electrons. The van der Waals surface area contributed by atoms with Crippen LogP contribution in [0.4, 0.5) is 10.1 Å². The van der Waals surface area contributed by atoms with Gasteiger partial charge in [0, 0.05) is 17.3 Å². The molecule has 0 fully saturated rings. The Labute approximate surface area is 135 Å². The summed E-state index contributed by atoms with van der Waals surface area (Å²) in [6.07, 6.45) is -0.0268. The molecule has 23 heavy (non-hydrogen) atoms. The molecule has 1 N–H and O–H groups in total. The molecule has 0 radical (unpaired) electrons. The molecule has 0 heterocycles. The third kappa shape index (κ3) is 4.22. The maximum Gasteiger partial charge on any atom is 0.255 e. The van der Waals surface area contributed by atoms with Crippen LogP contribution in [-0.2, 0) is 0 Å². The van der Waals surface area contributed by atoms with E-state index in [2.05, 4.69) is 5.32 Å². The molecule has 0 saturated heterocycles. The van der Waals surface area contributed by atoms with E-state index in [9.17, 15) is 9.18 Å². The number of anilines is 1. The molecule has 2 rings (SSSR count). The lowest BCUT2D eigenvalue weighted by molar-refractivity contribution is 0.102. The molecule has 0 spiro atoms. The molecule has 0 bridgehead atoms. The summed E-state index contributed by atoms with van der Waals surface area (Å²) in [7, 11) is 1.55. The van der Waals surface area contributed by atoms with Crippen molar-refractivity contribution >= 4 is 11.6 Å². The van der Waals surface area contributed by atoms with Crippen LogP contribution in [0.5, 0.6) is 11.5 Å². The van der Waals surface area contributed by atoms with E-state index in [-0.39, 0.29) is 17.6 Å². The fraction of sp³-hybridized carbons (Fsp3) is 0.278. The Bertz CT molecular complexity index is 713. The lowest BCUT2D eigenvalue weighted by Gasteiger charge is -2.15. The minimum Gasteiger partial charge on any atom is -0.493 e. The lowest BCUT2D eigenvalue weighted by atomic mass is 10.1. The van der Waals surface area contributed by atoms with Gasteiger partial charge in [-0.3, -0.25) is 4.79 Å². The Morgan fingerprint density at radius 3 is 2.48 bits per heavy atom. The number of ether oxygens (including phenoxy) is 2. The van der Waals surface area contributed by atoms with E-state index in [0.29, 0.717) is 22.7 Å². The van der Waals surface area contributed by atoms with Gasteiger partial charge in [-0.1, -0.05) is 6.07 Å². The number of rotatable bonds is 5. The normalized spacial score (nSPS) is 10.5. The number of carbonyl (C=O) groups is 1. The Hall–Kier alpha value is -2.56. The average molecular weight is 317 g/mol. The second-order valence-electron chi connectivity index (χ2n) is 5.45. The lowest BCUT2D eigenvalue weighted by Crippen LogP contribution is -2.13. The number of hydrogen-bond donors (Lipinski definition) is 1. The van der Waals surface area contributed by atoms with Crippen LogP contribution in [0.25, 0.3) is 0 Å². The third-order valence-electron chi connectivity index (χ3n) is 3.22. The first-order valence-corrected chi connectivity index (χ1v) is 7.33. The molecular formula is C18H20FNO3. The highest BCUT2D eigenvalue weighted by Crippen LogP contribution is 2.31. The molecule has 0 atom stereocenters. The Morgan fingerprint density at radius 1 is 1.13 bits per heavy atom. The van der Waals surface area contributed by atoms with E-state index in [1.165, 1.54) is 6.07 Å². The van der Waals surface area contributed by atoms with Crippen molar-refractivity contribution in [2.75, 3.05) is 12.4 Å². The molecule has 2 aromatic rings. The molecule has 2 aromatic carbocycles. The zero-order valence-electron chi connectivity index (χ0n) is 13.6. The Morgan fingerprint density at radius 2 is 1.87 bits per heavy atom. The zero-order valence-corrected chi connectivity index (χ0v) is 13.6. The number of hydrogen-bond acceptors (Lipinski definition) is 3. The maximum absolute atomic E-state index is 13.6. The number of methoxy groups -OCH3 is 1. The minimum absolute atomic E-state index is 0.0268. The fourth-order valence-corrected chi connectivity index (χ4v) is 2.04. The monoisotopic (exact) mass is 317 g/mol. The molecule has 1 amide bonds. The summed E-state index contributed by atoms with van der Waals surface area (Å²) in [6, 6.07) is 9.48. The van der Waals surface area contributed by atoms with E-state index < -0.39 is 5.82 Å². The quantitative estimate of drug-likeness (QED) is 0.900. The van der Waals surface area contributed by atoms with Gasteiger partial charge in [0.1, 0.15) is 5.82 Å². The second kappa shape index (κ2) is 7.13. The summed E-state index contributed by atoms with van der Waals surface area (Å²) in [5.41, 5.74) is 1.31. The van der Waals surface area contributed by atoms with Crippen LogP contribution in [0.15, 0.2) is 36.4 Å². The van der Waals surface area contributed by atoms with Crippen molar-refractivity contribution < 1.29 is 18.7 Å². The van der Waals surface area contributed by atoms with Gasteiger partial charge in [-0.2, -0.15) is 0 Å². The molecule has 0 aliphatic rings. The standard InChI is InChI=1S/C18H20FNO3/c1-11(2)23-17-10-14(7-8-16(17)22-4)20-18(21)13-6-5-12(3)15(19)9-13/h5-11H,1-4H3,(H,20,21). The molecule has 0 unspecified atom stereocenters. The van der Waals surface area contributed by atoms with Crippen LogP contribution in [-0.4, -0.2) is 19.1 Å². The molecule has 0 saturated carbocycles. The number of amides is 1. The first kappa shape index (κ1) is 16.8. The van der Waals surface area contributed by atoms with Crippen LogP contribution in [0.3, 0.4) is 0 Å². The van der Waals surface area contributed by atoms with Gasteiger partial charge in [0.2, 0.25) is 0 Å². The highest BCUT2D eigenvalue weighted by Gasteiger charge is 2.12. The Balaban J connectivity index is 2.21. The van der Waals surface area contributed by atoms with E-state index in [1.807, 2.05) is 13.8 Å². The van der Waals surface area contributed by atoms with Gasteiger partial charge in [0.05, 0.1) is 13.2 Å². The van der Waals surface area contributed by atoms with Gasteiger partial charge in [0.15, 0.2) is 11.5 Å². The van der Waals surface area contributed by atoms with E-state index in [1.54, 1.807) is 44.4 Å². The summed E-state index contributed by atoms with van der Waals surface area (Å²) in [5.74, 6) is 0.328. The molecule has 0 aromatic heterocycles. The molecule has 5 heteroatoms. The van der Waals surface area contributed by atoms with Crippen molar-refractivity contribution in [2.45, 2.75) is 26.9 Å². The summed E-state index contributed by atoms with van der Waals surface area (Å²) < 4.78 is 24.5. The molecule has 0 aliphatic heterocycles. The maximum atomic E-state index is 13.6. The average Bonchev–Trinajstić information content (AvgIpc) is 2.49. The molecular weight excluding hydrogens is 297 g/mol. The van der Waals surface area contributed by atoms with E-state index >= 15 is 0 Å². The smallest absolute Gasteiger partial charge is 0.255 e. The van der Waals surface area contributed by atoms with Crippen molar-refractivity contribution in [3.8, 4) is 11.5 Å². The van der Waals surface area contributed by atoms with Gasteiger partial charge in [-0.15, -0.1) is 0 Å². The first-order valence-electron chi connectivity index (χ1n) is 7.33. The van der Waals surface area contributed by atoms with Crippen LogP contribution >= 0.6 is 0 Å². The van der Waals surface area contributed by atoms with Gasteiger partial charge in [0.25, 0.3) is 5.91 Å². The largest absolute Gasteiger partial charge is 0.493 e. The topological polar surface area (TPSA) is 47.6 Å². The Kier molecular flexibility index (Phi) is 5.21. The fourth-order valence-electron chi connectivity index (χ4n) is 2.04. The van der Waals surface area contributed by atoms with Crippen LogP contribution < -0.4 is 14.8 Å². The zero-order chi connectivity index (χ0) is 17.0. The van der Waals surface area contributed by atoms with Crippen molar-refractivity contribution in [3.05, 3.63) is 53.3 Å². The number of halogens is 1. The minimum atomic E-state index is -0.406. The van der Waals surface area contributed by atoms with E-state index in [0.717, 1.165) is 0 Å². The highest BCUT2D eigenvalue weighted by atomic mass is 19.1.